The zero-order valence-electron chi connectivity index (χ0n) is 12.7. The first-order chi connectivity index (χ1) is 11.5. The first kappa shape index (κ1) is 16.6. The number of fused-ring (bicyclic) bond motifs is 1. The summed E-state index contributed by atoms with van der Waals surface area (Å²) >= 11 is 12.0. The lowest BCUT2D eigenvalue weighted by Crippen LogP contribution is -2.27. The SMILES string of the molecule is C=C1c2ccccc2C(=O)N1CCC(=O)Nc1cccc(Cl)c1Cl. The molecule has 2 aromatic carbocycles. The van der Waals surface area contributed by atoms with Gasteiger partial charge in [0.1, 0.15) is 0 Å². The molecule has 0 aromatic heterocycles. The van der Waals surface area contributed by atoms with E-state index in [9.17, 15) is 9.59 Å². The second-order valence-electron chi connectivity index (χ2n) is 5.35. The number of anilines is 1. The van der Waals surface area contributed by atoms with Gasteiger partial charge in [0.15, 0.2) is 0 Å². The molecular formula is C18H14Cl2N2O2. The third kappa shape index (κ3) is 3.03. The Labute approximate surface area is 149 Å². The summed E-state index contributed by atoms with van der Waals surface area (Å²) in [6, 6.07) is 12.3. The van der Waals surface area contributed by atoms with E-state index >= 15 is 0 Å². The third-order valence-electron chi connectivity index (χ3n) is 3.83. The summed E-state index contributed by atoms with van der Waals surface area (Å²) in [5.41, 5.74) is 2.48. The fourth-order valence-corrected chi connectivity index (χ4v) is 2.95. The molecule has 0 atom stereocenters. The Morgan fingerprint density at radius 1 is 1.08 bits per heavy atom. The van der Waals surface area contributed by atoms with E-state index in [1.54, 1.807) is 30.3 Å². The van der Waals surface area contributed by atoms with Gasteiger partial charge in [-0.05, 0) is 18.2 Å². The zero-order chi connectivity index (χ0) is 17.3. The van der Waals surface area contributed by atoms with Gasteiger partial charge >= 0.3 is 0 Å². The van der Waals surface area contributed by atoms with Gasteiger partial charge in [-0.2, -0.15) is 0 Å². The van der Waals surface area contributed by atoms with E-state index in [1.807, 2.05) is 12.1 Å². The number of carbonyl (C=O) groups is 2. The van der Waals surface area contributed by atoms with E-state index < -0.39 is 0 Å². The Hall–Kier alpha value is -2.30. The topological polar surface area (TPSA) is 49.4 Å². The Balaban J connectivity index is 1.64. The van der Waals surface area contributed by atoms with E-state index in [1.165, 1.54) is 4.90 Å². The van der Waals surface area contributed by atoms with Gasteiger partial charge < -0.3 is 10.2 Å². The molecular weight excluding hydrogens is 347 g/mol. The van der Waals surface area contributed by atoms with Crippen LogP contribution in [0, 0.1) is 0 Å². The summed E-state index contributed by atoms with van der Waals surface area (Å²) in [4.78, 5) is 26.0. The molecule has 0 unspecified atom stereocenters. The predicted octanol–water partition coefficient (Wildman–Crippen LogP) is 4.45. The molecule has 2 amide bonds. The molecule has 122 valence electrons. The van der Waals surface area contributed by atoms with Gasteiger partial charge in [0.25, 0.3) is 5.91 Å². The molecule has 0 saturated carbocycles. The lowest BCUT2D eigenvalue weighted by molar-refractivity contribution is -0.116. The number of carbonyl (C=O) groups excluding carboxylic acids is 2. The van der Waals surface area contributed by atoms with E-state index in [4.69, 9.17) is 23.2 Å². The molecule has 0 saturated heterocycles. The summed E-state index contributed by atoms with van der Waals surface area (Å²) in [6.45, 7) is 4.20. The molecule has 0 spiro atoms. The molecule has 1 aliphatic heterocycles. The van der Waals surface area contributed by atoms with Gasteiger partial charge in [0, 0.05) is 29.8 Å². The van der Waals surface area contributed by atoms with Crippen LogP contribution in [-0.4, -0.2) is 23.3 Å². The first-order valence-corrected chi connectivity index (χ1v) is 8.08. The minimum atomic E-state index is -0.254. The highest BCUT2D eigenvalue weighted by Crippen LogP contribution is 2.32. The Morgan fingerprint density at radius 2 is 1.79 bits per heavy atom. The van der Waals surface area contributed by atoms with E-state index in [0.29, 0.717) is 27.0 Å². The largest absolute Gasteiger partial charge is 0.325 e. The van der Waals surface area contributed by atoms with Crippen molar-refractivity contribution in [3.05, 3.63) is 70.2 Å². The number of hydrogen-bond acceptors (Lipinski definition) is 2. The highest BCUT2D eigenvalue weighted by atomic mass is 35.5. The fraction of sp³-hybridized carbons (Fsp3) is 0.111. The standard InChI is InChI=1S/C18H14Cl2N2O2/c1-11-12-5-2-3-6-13(12)18(24)22(11)10-9-16(23)21-15-8-4-7-14(19)17(15)20/h2-8H,1,9-10H2,(H,21,23). The summed E-state index contributed by atoms with van der Waals surface area (Å²) in [6.07, 6.45) is 0.127. The van der Waals surface area contributed by atoms with Crippen LogP contribution in [0.3, 0.4) is 0 Å². The molecule has 24 heavy (non-hydrogen) atoms. The number of benzene rings is 2. The van der Waals surface area contributed by atoms with E-state index in [2.05, 4.69) is 11.9 Å². The maximum Gasteiger partial charge on any atom is 0.258 e. The van der Waals surface area contributed by atoms with Gasteiger partial charge in [-0.1, -0.05) is 54.0 Å². The van der Waals surface area contributed by atoms with Crippen molar-refractivity contribution in [3.8, 4) is 0 Å². The zero-order valence-corrected chi connectivity index (χ0v) is 14.2. The van der Waals surface area contributed by atoms with Crippen LogP contribution in [-0.2, 0) is 4.79 Å². The normalized spacial score (nSPS) is 13.2. The number of rotatable bonds is 4. The Morgan fingerprint density at radius 3 is 2.50 bits per heavy atom. The second kappa shape index (κ2) is 6.67. The van der Waals surface area contributed by atoms with Crippen molar-refractivity contribution in [1.82, 2.24) is 4.90 Å². The van der Waals surface area contributed by atoms with Crippen LogP contribution in [0.25, 0.3) is 5.70 Å². The smallest absolute Gasteiger partial charge is 0.258 e. The molecule has 1 N–H and O–H groups in total. The summed E-state index contributed by atoms with van der Waals surface area (Å²) in [5, 5.41) is 3.36. The molecule has 0 radical (unpaired) electrons. The average molecular weight is 361 g/mol. The van der Waals surface area contributed by atoms with Crippen LogP contribution >= 0.6 is 23.2 Å². The second-order valence-corrected chi connectivity index (χ2v) is 6.13. The summed E-state index contributed by atoms with van der Waals surface area (Å²) in [5.74, 6) is -0.389. The van der Waals surface area contributed by atoms with Gasteiger partial charge in [0.05, 0.1) is 15.7 Å². The number of amides is 2. The van der Waals surface area contributed by atoms with Crippen molar-refractivity contribution in [1.29, 1.82) is 0 Å². The molecule has 0 fully saturated rings. The molecule has 1 heterocycles. The number of nitrogens with one attached hydrogen (secondary N) is 1. The molecule has 6 heteroatoms. The third-order valence-corrected chi connectivity index (χ3v) is 4.65. The molecule has 0 bridgehead atoms. The van der Waals surface area contributed by atoms with Crippen LogP contribution in [0.15, 0.2) is 49.0 Å². The maximum atomic E-state index is 12.4. The van der Waals surface area contributed by atoms with Gasteiger partial charge in [-0.25, -0.2) is 0 Å². The molecule has 0 aliphatic carbocycles. The van der Waals surface area contributed by atoms with Gasteiger partial charge in [0.2, 0.25) is 5.91 Å². The van der Waals surface area contributed by atoms with Crippen LogP contribution in [0.5, 0.6) is 0 Å². The Bertz CT molecular complexity index is 814. The number of halogens is 2. The average Bonchev–Trinajstić information content (AvgIpc) is 2.82. The number of hydrogen-bond donors (Lipinski definition) is 1. The van der Waals surface area contributed by atoms with Crippen molar-refractivity contribution in [2.75, 3.05) is 11.9 Å². The Kier molecular flexibility index (Phi) is 4.60. The van der Waals surface area contributed by atoms with Crippen molar-refractivity contribution in [2.45, 2.75) is 6.42 Å². The van der Waals surface area contributed by atoms with Crippen LogP contribution in [0.1, 0.15) is 22.3 Å². The minimum Gasteiger partial charge on any atom is -0.325 e. The van der Waals surface area contributed by atoms with Crippen LogP contribution in [0.2, 0.25) is 10.0 Å². The fourth-order valence-electron chi connectivity index (χ4n) is 2.60. The number of nitrogens with zero attached hydrogens (tertiary/aromatic N) is 1. The van der Waals surface area contributed by atoms with E-state index in [0.717, 1.165) is 5.56 Å². The quantitative estimate of drug-likeness (QED) is 0.875. The minimum absolute atomic E-state index is 0.127. The molecule has 4 nitrogen and oxygen atoms in total. The molecule has 1 aliphatic rings. The lowest BCUT2D eigenvalue weighted by atomic mass is 10.1. The predicted molar refractivity (Wildman–Crippen MR) is 96.2 cm³/mol. The van der Waals surface area contributed by atoms with E-state index in [-0.39, 0.29) is 24.8 Å². The molecule has 2 aromatic rings. The van der Waals surface area contributed by atoms with Crippen LogP contribution in [0.4, 0.5) is 5.69 Å². The van der Waals surface area contributed by atoms with Gasteiger partial charge in [-0.3, -0.25) is 9.59 Å². The summed E-state index contributed by atoms with van der Waals surface area (Å²) in [7, 11) is 0. The van der Waals surface area contributed by atoms with Crippen molar-refractivity contribution >= 4 is 46.4 Å². The lowest BCUT2D eigenvalue weighted by Gasteiger charge is -2.17. The molecule has 3 rings (SSSR count). The van der Waals surface area contributed by atoms with Crippen molar-refractivity contribution in [2.24, 2.45) is 0 Å². The van der Waals surface area contributed by atoms with Crippen LogP contribution < -0.4 is 5.32 Å². The van der Waals surface area contributed by atoms with Crippen molar-refractivity contribution in [3.63, 3.8) is 0 Å². The van der Waals surface area contributed by atoms with Gasteiger partial charge in [-0.15, -0.1) is 0 Å². The maximum absolute atomic E-state index is 12.4. The monoisotopic (exact) mass is 360 g/mol. The highest BCUT2D eigenvalue weighted by Gasteiger charge is 2.30. The van der Waals surface area contributed by atoms with Crippen molar-refractivity contribution < 1.29 is 9.59 Å². The summed E-state index contributed by atoms with van der Waals surface area (Å²) < 4.78 is 0. The first-order valence-electron chi connectivity index (χ1n) is 7.33. The highest BCUT2D eigenvalue weighted by molar-refractivity contribution is 6.44.